The molecule has 0 saturated heterocycles. The van der Waals surface area contributed by atoms with Crippen LogP contribution in [0.5, 0.6) is 5.75 Å². The van der Waals surface area contributed by atoms with Crippen molar-refractivity contribution < 1.29 is 14.3 Å². The van der Waals surface area contributed by atoms with Gasteiger partial charge in [0, 0.05) is 6.04 Å². The maximum atomic E-state index is 12.4. The first-order chi connectivity index (χ1) is 12.1. The first-order valence-corrected chi connectivity index (χ1v) is 8.47. The topological polar surface area (TPSA) is 67.4 Å². The zero-order chi connectivity index (χ0) is 17.6. The van der Waals surface area contributed by atoms with Gasteiger partial charge >= 0.3 is 0 Å². The van der Waals surface area contributed by atoms with Gasteiger partial charge in [-0.05, 0) is 37.5 Å². The lowest BCUT2D eigenvalue weighted by Crippen LogP contribution is -2.37. The molecule has 2 aromatic carbocycles. The van der Waals surface area contributed by atoms with E-state index in [4.69, 9.17) is 4.74 Å². The molecule has 3 rings (SSSR count). The molecule has 1 aliphatic carbocycles. The molecule has 1 fully saturated rings. The molecule has 5 heteroatoms. The van der Waals surface area contributed by atoms with E-state index in [0.717, 1.165) is 24.0 Å². The van der Waals surface area contributed by atoms with E-state index in [1.807, 2.05) is 37.3 Å². The van der Waals surface area contributed by atoms with Crippen LogP contribution in [-0.4, -0.2) is 24.4 Å². The van der Waals surface area contributed by atoms with Crippen molar-refractivity contribution in [3.05, 3.63) is 65.2 Å². The van der Waals surface area contributed by atoms with Crippen LogP contribution in [0.3, 0.4) is 0 Å². The van der Waals surface area contributed by atoms with Crippen LogP contribution in [-0.2, 0) is 11.4 Å². The highest BCUT2D eigenvalue weighted by Gasteiger charge is 2.23. The molecule has 0 spiro atoms. The van der Waals surface area contributed by atoms with Crippen LogP contribution in [0.25, 0.3) is 0 Å². The zero-order valence-electron chi connectivity index (χ0n) is 14.2. The van der Waals surface area contributed by atoms with E-state index in [-0.39, 0.29) is 24.4 Å². The largest absolute Gasteiger partial charge is 0.488 e. The quantitative estimate of drug-likeness (QED) is 0.815. The number of benzene rings is 2. The number of nitrogens with one attached hydrogen (secondary N) is 2. The van der Waals surface area contributed by atoms with E-state index in [0.29, 0.717) is 17.9 Å². The fraction of sp³-hybridized carbons (Fsp3) is 0.300. The highest BCUT2D eigenvalue weighted by Crippen LogP contribution is 2.20. The van der Waals surface area contributed by atoms with E-state index in [9.17, 15) is 9.59 Å². The maximum absolute atomic E-state index is 12.4. The lowest BCUT2D eigenvalue weighted by Gasteiger charge is -2.12. The Morgan fingerprint density at radius 3 is 2.68 bits per heavy atom. The Labute approximate surface area is 147 Å². The van der Waals surface area contributed by atoms with Crippen LogP contribution in [0.2, 0.25) is 0 Å². The SMILES string of the molecule is Cc1cccc(COc2ccccc2C(=O)NCC(=O)NC2CC2)c1. The Morgan fingerprint density at radius 2 is 1.92 bits per heavy atom. The fourth-order valence-electron chi connectivity index (χ4n) is 2.51. The van der Waals surface area contributed by atoms with E-state index in [2.05, 4.69) is 10.6 Å². The van der Waals surface area contributed by atoms with Crippen molar-refractivity contribution in [2.24, 2.45) is 0 Å². The van der Waals surface area contributed by atoms with Crippen LogP contribution < -0.4 is 15.4 Å². The molecule has 5 nitrogen and oxygen atoms in total. The van der Waals surface area contributed by atoms with Gasteiger partial charge in [0.2, 0.25) is 5.91 Å². The monoisotopic (exact) mass is 338 g/mol. The fourth-order valence-corrected chi connectivity index (χ4v) is 2.51. The molecule has 2 aromatic rings. The smallest absolute Gasteiger partial charge is 0.255 e. The molecule has 0 atom stereocenters. The van der Waals surface area contributed by atoms with Gasteiger partial charge in [0.05, 0.1) is 12.1 Å². The van der Waals surface area contributed by atoms with Gasteiger partial charge < -0.3 is 15.4 Å². The first-order valence-electron chi connectivity index (χ1n) is 8.47. The second-order valence-electron chi connectivity index (χ2n) is 6.30. The molecule has 0 aliphatic heterocycles. The predicted molar refractivity (Wildman–Crippen MR) is 95.5 cm³/mol. The van der Waals surface area contributed by atoms with Gasteiger partial charge in [-0.15, -0.1) is 0 Å². The van der Waals surface area contributed by atoms with Gasteiger partial charge in [-0.3, -0.25) is 9.59 Å². The summed E-state index contributed by atoms with van der Waals surface area (Å²) in [6, 6.07) is 15.4. The Morgan fingerprint density at radius 1 is 1.12 bits per heavy atom. The molecule has 130 valence electrons. The number of ether oxygens (including phenoxy) is 1. The first kappa shape index (κ1) is 17.0. The molecular weight excluding hydrogens is 316 g/mol. The Hall–Kier alpha value is -2.82. The summed E-state index contributed by atoms with van der Waals surface area (Å²) in [7, 11) is 0. The molecule has 25 heavy (non-hydrogen) atoms. The number of hydrogen-bond donors (Lipinski definition) is 2. The van der Waals surface area contributed by atoms with Gasteiger partial charge in [-0.25, -0.2) is 0 Å². The van der Waals surface area contributed by atoms with Gasteiger partial charge in [-0.2, -0.15) is 0 Å². The molecule has 1 saturated carbocycles. The van der Waals surface area contributed by atoms with E-state index < -0.39 is 0 Å². The Kier molecular flexibility index (Phi) is 5.33. The van der Waals surface area contributed by atoms with Gasteiger partial charge in [0.25, 0.3) is 5.91 Å². The van der Waals surface area contributed by atoms with Crippen molar-refractivity contribution in [1.82, 2.24) is 10.6 Å². The summed E-state index contributed by atoms with van der Waals surface area (Å²) in [4.78, 5) is 24.1. The Balaban J connectivity index is 1.59. The summed E-state index contributed by atoms with van der Waals surface area (Å²) in [6.07, 6.45) is 2.05. The van der Waals surface area contributed by atoms with Crippen LogP contribution in [0.4, 0.5) is 0 Å². The third kappa shape index (κ3) is 5.08. The minimum Gasteiger partial charge on any atom is -0.488 e. The molecule has 0 radical (unpaired) electrons. The molecule has 0 aromatic heterocycles. The number of carbonyl (C=O) groups excluding carboxylic acids is 2. The highest BCUT2D eigenvalue weighted by atomic mass is 16.5. The summed E-state index contributed by atoms with van der Waals surface area (Å²) >= 11 is 0. The van der Waals surface area contributed by atoms with Gasteiger partial charge in [0.15, 0.2) is 0 Å². The standard InChI is InChI=1S/C20H22N2O3/c1-14-5-4-6-15(11-14)13-25-18-8-3-2-7-17(18)20(24)21-12-19(23)22-16-9-10-16/h2-8,11,16H,9-10,12-13H2,1H3,(H,21,24)(H,22,23). The average molecular weight is 338 g/mol. The van der Waals surface area contributed by atoms with Crippen LogP contribution in [0, 0.1) is 6.92 Å². The predicted octanol–water partition coefficient (Wildman–Crippen LogP) is 2.58. The van der Waals surface area contributed by atoms with E-state index >= 15 is 0 Å². The van der Waals surface area contributed by atoms with Gasteiger partial charge in [0.1, 0.15) is 12.4 Å². The summed E-state index contributed by atoms with van der Waals surface area (Å²) in [5.74, 6) is 0.0314. The van der Waals surface area contributed by atoms with Crippen molar-refractivity contribution in [1.29, 1.82) is 0 Å². The minimum atomic E-state index is -0.314. The average Bonchev–Trinajstić information content (AvgIpc) is 3.42. The molecule has 0 unspecified atom stereocenters. The molecule has 0 bridgehead atoms. The molecule has 2 N–H and O–H groups in total. The second-order valence-corrected chi connectivity index (χ2v) is 6.30. The molecule has 2 amide bonds. The molecule has 1 aliphatic rings. The zero-order valence-corrected chi connectivity index (χ0v) is 14.2. The molecule has 0 heterocycles. The summed E-state index contributed by atoms with van der Waals surface area (Å²) in [5.41, 5.74) is 2.63. The van der Waals surface area contributed by atoms with Crippen molar-refractivity contribution in [2.45, 2.75) is 32.4 Å². The van der Waals surface area contributed by atoms with Crippen LogP contribution in [0.15, 0.2) is 48.5 Å². The number of hydrogen-bond acceptors (Lipinski definition) is 3. The second kappa shape index (κ2) is 7.83. The molecular formula is C20H22N2O3. The van der Waals surface area contributed by atoms with Crippen molar-refractivity contribution in [3.63, 3.8) is 0 Å². The minimum absolute atomic E-state index is 0.0262. The number of amides is 2. The maximum Gasteiger partial charge on any atom is 0.255 e. The third-order valence-corrected chi connectivity index (χ3v) is 3.96. The normalized spacial score (nSPS) is 13.2. The lowest BCUT2D eigenvalue weighted by molar-refractivity contribution is -0.120. The van der Waals surface area contributed by atoms with Crippen molar-refractivity contribution in [3.8, 4) is 5.75 Å². The van der Waals surface area contributed by atoms with E-state index in [1.54, 1.807) is 18.2 Å². The van der Waals surface area contributed by atoms with Crippen molar-refractivity contribution in [2.75, 3.05) is 6.54 Å². The summed E-state index contributed by atoms with van der Waals surface area (Å²) in [6.45, 7) is 2.38. The lowest BCUT2D eigenvalue weighted by atomic mass is 10.1. The number of carbonyl (C=O) groups is 2. The van der Waals surface area contributed by atoms with Crippen molar-refractivity contribution >= 4 is 11.8 Å². The third-order valence-electron chi connectivity index (χ3n) is 3.96. The number of aryl methyl sites for hydroxylation is 1. The summed E-state index contributed by atoms with van der Waals surface area (Å²) < 4.78 is 5.82. The van der Waals surface area contributed by atoms with Gasteiger partial charge in [-0.1, -0.05) is 42.0 Å². The summed E-state index contributed by atoms with van der Waals surface area (Å²) in [5, 5.41) is 5.49. The highest BCUT2D eigenvalue weighted by molar-refractivity contribution is 5.98. The van der Waals surface area contributed by atoms with Crippen LogP contribution >= 0.6 is 0 Å². The number of rotatable bonds is 7. The Bertz CT molecular complexity index is 769. The van der Waals surface area contributed by atoms with Crippen LogP contribution in [0.1, 0.15) is 34.3 Å². The van der Waals surface area contributed by atoms with E-state index in [1.165, 1.54) is 0 Å². The number of para-hydroxylation sites is 1.